The highest BCUT2D eigenvalue weighted by Crippen LogP contribution is 2.51. The summed E-state index contributed by atoms with van der Waals surface area (Å²) in [7, 11) is 0. The third-order valence-corrected chi connectivity index (χ3v) is 2.81. The van der Waals surface area contributed by atoms with Crippen molar-refractivity contribution in [2.75, 3.05) is 6.61 Å². The molecule has 0 atom stereocenters. The number of halogens is 2. The van der Waals surface area contributed by atoms with Gasteiger partial charge in [-0.1, -0.05) is 0 Å². The second kappa shape index (κ2) is 3.43. The van der Waals surface area contributed by atoms with Crippen LogP contribution in [0.2, 0.25) is 0 Å². The Morgan fingerprint density at radius 1 is 1.40 bits per heavy atom. The minimum absolute atomic E-state index is 0.156. The summed E-state index contributed by atoms with van der Waals surface area (Å²) in [4.78, 5) is 4.50. The first-order chi connectivity index (χ1) is 7.09. The molecular weight excluding hydrogens is 204 g/mol. The van der Waals surface area contributed by atoms with Crippen molar-refractivity contribution in [2.24, 2.45) is 5.90 Å². The lowest BCUT2D eigenvalue weighted by Crippen LogP contribution is -2.18. The lowest BCUT2D eigenvalue weighted by atomic mass is 9.95. The van der Waals surface area contributed by atoms with Crippen molar-refractivity contribution >= 4 is 0 Å². The molecule has 15 heavy (non-hydrogen) atoms. The molecular formula is C10H11F2NO2. The van der Waals surface area contributed by atoms with Crippen LogP contribution < -0.4 is 5.90 Å². The quantitative estimate of drug-likeness (QED) is 0.753. The molecule has 1 fully saturated rings. The number of nitrogens with two attached hydrogens (primary N) is 1. The zero-order chi connectivity index (χ0) is 11.1. The van der Waals surface area contributed by atoms with Gasteiger partial charge >= 0.3 is 0 Å². The van der Waals surface area contributed by atoms with Crippen LogP contribution in [0, 0.1) is 11.6 Å². The van der Waals surface area contributed by atoms with Gasteiger partial charge < -0.3 is 9.94 Å². The number of hydrogen-bond donors (Lipinski definition) is 2. The molecule has 0 heterocycles. The Hall–Kier alpha value is -1.20. The summed E-state index contributed by atoms with van der Waals surface area (Å²) in [6.45, 7) is 0.156. The van der Waals surface area contributed by atoms with E-state index in [-0.39, 0.29) is 12.2 Å². The normalized spacial score (nSPS) is 17.8. The monoisotopic (exact) mass is 215 g/mol. The van der Waals surface area contributed by atoms with Gasteiger partial charge in [0, 0.05) is 17.0 Å². The number of rotatable bonds is 3. The van der Waals surface area contributed by atoms with Crippen molar-refractivity contribution in [3.8, 4) is 5.75 Å². The molecule has 1 saturated carbocycles. The van der Waals surface area contributed by atoms with Gasteiger partial charge in [0.1, 0.15) is 5.82 Å². The van der Waals surface area contributed by atoms with Crippen LogP contribution in [-0.4, -0.2) is 11.7 Å². The lowest BCUT2D eigenvalue weighted by Gasteiger charge is -2.15. The van der Waals surface area contributed by atoms with E-state index in [9.17, 15) is 13.9 Å². The summed E-state index contributed by atoms with van der Waals surface area (Å²) in [5.41, 5.74) is -0.271. The zero-order valence-corrected chi connectivity index (χ0v) is 7.96. The summed E-state index contributed by atoms with van der Waals surface area (Å²) in [5.74, 6) is 2.78. The van der Waals surface area contributed by atoms with Gasteiger partial charge in [-0.15, -0.1) is 0 Å². The Balaban J connectivity index is 2.44. The fourth-order valence-electron chi connectivity index (χ4n) is 1.77. The van der Waals surface area contributed by atoms with E-state index in [0.29, 0.717) is 18.9 Å². The molecule has 0 unspecified atom stereocenters. The van der Waals surface area contributed by atoms with Crippen LogP contribution in [-0.2, 0) is 10.3 Å². The molecule has 82 valence electrons. The molecule has 3 nitrogen and oxygen atoms in total. The maximum Gasteiger partial charge on any atom is 0.168 e. The molecule has 1 aromatic carbocycles. The van der Waals surface area contributed by atoms with Crippen molar-refractivity contribution in [2.45, 2.75) is 18.3 Å². The topological polar surface area (TPSA) is 55.5 Å². The van der Waals surface area contributed by atoms with Gasteiger partial charge in [-0.2, -0.15) is 0 Å². The Morgan fingerprint density at radius 2 is 2.07 bits per heavy atom. The predicted molar refractivity (Wildman–Crippen MR) is 49.1 cm³/mol. The second-order valence-electron chi connectivity index (χ2n) is 3.88. The molecule has 2 rings (SSSR count). The number of aromatic hydroxyl groups is 1. The van der Waals surface area contributed by atoms with Crippen molar-refractivity contribution in [1.82, 2.24) is 0 Å². The first-order valence-corrected chi connectivity index (χ1v) is 4.59. The average Bonchev–Trinajstić information content (AvgIpc) is 2.93. The molecule has 0 amide bonds. The van der Waals surface area contributed by atoms with Gasteiger partial charge in [-0.3, -0.25) is 0 Å². The van der Waals surface area contributed by atoms with Crippen LogP contribution in [0.5, 0.6) is 5.75 Å². The highest BCUT2D eigenvalue weighted by molar-refractivity contribution is 5.43. The summed E-state index contributed by atoms with van der Waals surface area (Å²) < 4.78 is 26.1. The third-order valence-electron chi connectivity index (χ3n) is 2.81. The number of phenolic OH excluding ortho intramolecular Hbond substituents is 1. The summed E-state index contributed by atoms with van der Waals surface area (Å²) >= 11 is 0. The summed E-state index contributed by atoms with van der Waals surface area (Å²) in [6.07, 6.45) is 1.42. The molecule has 1 aliphatic rings. The predicted octanol–water partition coefficient (Wildman–Crippen LogP) is 1.59. The Kier molecular flexibility index (Phi) is 2.36. The summed E-state index contributed by atoms with van der Waals surface area (Å²) in [5, 5.41) is 9.49. The number of benzene rings is 1. The van der Waals surface area contributed by atoms with Crippen molar-refractivity contribution < 1.29 is 18.7 Å². The van der Waals surface area contributed by atoms with Crippen molar-refractivity contribution in [3.63, 3.8) is 0 Å². The molecule has 1 aliphatic carbocycles. The van der Waals surface area contributed by atoms with E-state index in [0.717, 1.165) is 6.07 Å². The second-order valence-corrected chi connectivity index (χ2v) is 3.88. The van der Waals surface area contributed by atoms with Gasteiger partial charge in [0.15, 0.2) is 11.6 Å². The molecule has 0 saturated heterocycles. The van der Waals surface area contributed by atoms with E-state index >= 15 is 0 Å². The summed E-state index contributed by atoms with van der Waals surface area (Å²) in [6, 6.07) is 1.78. The Labute approximate surface area is 85.4 Å². The van der Waals surface area contributed by atoms with Crippen LogP contribution in [0.4, 0.5) is 8.78 Å². The molecule has 3 N–H and O–H groups in total. The highest BCUT2D eigenvalue weighted by atomic mass is 19.1. The maximum atomic E-state index is 13.1. The van der Waals surface area contributed by atoms with E-state index in [4.69, 9.17) is 5.90 Å². The zero-order valence-electron chi connectivity index (χ0n) is 7.96. The smallest absolute Gasteiger partial charge is 0.168 e. The van der Waals surface area contributed by atoms with Crippen LogP contribution >= 0.6 is 0 Å². The molecule has 5 heteroatoms. The first kappa shape index (κ1) is 10.3. The van der Waals surface area contributed by atoms with Gasteiger partial charge in [0.2, 0.25) is 0 Å². The molecule has 0 spiro atoms. The number of phenols is 1. The maximum absolute atomic E-state index is 13.1. The van der Waals surface area contributed by atoms with Crippen molar-refractivity contribution in [3.05, 3.63) is 29.3 Å². The molecule has 0 radical (unpaired) electrons. The van der Waals surface area contributed by atoms with Gasteiger partial charge in [0.05, 0.1) is 6.61 Å². The Morgan fingerprint density at radius 3 is 2.60 bits per heavy atom. The van der Waals surface area contributed by atoms with E-state index in [2.05, 4.69) is 4.84 Å². The van der Waals surface area contributed by atoms with E-state index < -0.39 is 22.8 Å². The molecule has 1 aromatic rings. The number of hydrogen-bond acceptors (Lipinski definition) is 3. The SMILES string of the molecule is NOCC1(c2cc(F)cc(F)c2O)CC1. The first-order valence-electron chi connectivity index (χ1n) is 4.59. The van der Waals surface area contributed by atoms with E-state index in [1.165, 1.54) is 0 Å². The van der Waals surface area contributed by atoms with Crippen LogP contribution in [0.15, 0.2) is 12.1 Å². The standard InChI is InChI=1S/C10H11F2NO2/c11-6-3-7(9(14)8(12)4-6)10(1-2-10)5-15-13/h3-4,14H,1-2,5,13H2. The van der Waals surface area contributed by atoms with Gasteiger partial charge in [-0.05, 0) is 18.9 Å². The minimum atomic E-state index is -0.951. The van der Waals surface area contributed by atoms with Gasteiger partial charge in [-0.25, -0.2) is 14.7 Å². The van der Waals surface area contributed by atoms with Crippen LogP contribution in [0.1, 0.15) is 18.4 Å². The molecule has 0 aromatic heterocycles. The molecule has 0 bridgehead atoms. The average molecular weight is 215 g/mol. The van der Waals surface area contributed by atoms with E-state index in [1.54, 1.807) is 0 Å². The minimum Gasteiger partial charge on any atom is -0.505 e. The van der Waals surface area contributed by atoms with Gasteiger partial charge in [0.25, 0.3) is 0 Å². The largest absolute Gasteiger partial charge is 0.505 e. The third kappa shape index (κ3) is 1.68. The lowest BCUT2D eigenvalue weighted by molar-refractivity contribution is 0.115. The van der Waals surface area contributed by atoms with Crippen LogP contribution in [0.3, 0.4) is 0 Å². The van der Waals surface area contributed by atoms with Crippen molar-refractivity contribution in [1.29, 1.82) is 0 Å². The van der Waals surface area contributed by atoms with Crippen LogP contribution in [0.25, 0.3) is 0 Å². The van der Waals surface area contributed by atoms with E-state index in [1.807, 2.05) is 0 Å². The fraction of sp³-hybridized carbons (Fsp3) is 0.400. The highest BCUT2D eigenvalue weighted by Gasteiger charge is 2.47. The fourth-order valence-corrected chi connectivity index (χ4v) is 1.77. The Bertz CT molecular complexity index is 391. The molecule has 0 aliphatic heterocycles.